The lowest BCUT2D eigenvalue weighted by molar-refractivity contribution is 0.0280. The molecule has 1 saturated heterocycles. The number of H-pyrrole nitrogens is 1. The van der Waals surface area contributed by atoms with E-state index in [2.05, 4.69) is 10.4 Å². The molecule has 0 bridgehead atoms. The molecule has 4 rings (SSSR count). The van der Waals surface area contributed by atoms with Crippen molar-refractivity contribution in [3.8, 4) is 0 Å². The van der Waals surface area contributed by atoms with E-state index in [1.54, 1.807) is 49.9 Å². The van der Waals surface area contributed by atoms with Crippen molar-refractivity contribution in [1.82, 2.24) is 20.3 Å². The van der Waals surface area contributed by atoms with Crippen molar-refractivity contribution in [3.05, 3.63) is 74.5 Å². The van der Waals surface area contributed by atoms with E-state index in [9.17, 15) is 19.2 Å². The first kappa shape index (κ1) is 27.0. The number of hydrogen-bond donors (Lipinski definition) is 3. The van der Waals surface area contributed by atoms with Crippen LogP contribution in [0.2, 0.25) is 5.02 Å². The maximum atomic E-state index is 14.0. The zero-order valence-corrected chi connectivity index (χ0v) is 22.2. The number of aromatic nitrogens is 1. The summed E-state index contributed by atoms with van der Waals surface area (Å²) in [6.45, 7) is 5.92. The summed E-state index contributed by atoms with van der Waals surface area (Å²) < 4.78 is 5.34. The highest BCUT2D eigenvalue weighted by Gasteiger charge is 2.32. The standard InChI is InChI=1S/C27H30ClN5O5/c1-27(2,3)38-26(37)31-33(15-16-7-6-8-18(29)13-16)24(35)21-22(25(36)32-11-4-5-12-32)30-20-14-17(28)9-10-19(20)23(21)34/h6-10,13-14H,4-5,11-12,15,29H2,1-3H3,(H,30,34)(H,31,37). The van der Waals surface area contributed by atoms with E-state index in [1.165, 1.54) is 18.2 Å². The predicted octanol–water partition coefficient (Wildman–Crippen LogP) is 4.08. The number of halogens is 1. The van der Waals surface area contributed by atoms with Gasteiger partial charge in [0.05, 0.1) is 12.1 Å². The van der Waals surface area contributed by atoms with Gasteiger partial charge in [-0.25, -0.2) is 15.2 Å². The van der Waals surface area contributed by atoms with Crippen LogP contribution in [-0.2, 0) is 11.3 Å². The molecule has 1 aliphatic rings. The number of hydrazine groups is 1. The Bertz CT molecular complexity index is 1460. The van der Waals surface area contributed by atoms with Gasteiger partial charge in [-0.05, 0) is 69.5 Å². The lowest BCUT2D eigenvalue weighted by atomic mass is 10.1. The molecule has 1 fully saturated rings. The third-order valence-electron chi connectivity index (χ3n) is 5.95. The Morgan fingerprint density at radius 2 is 1.84 bits per heavy atom. The van der Waals surface area contributed by atoms with Crippen LogP contribution in [0.4, 0.5) is 10.5 Å². The summed E-state index contributed by atoms with van der Waals surface area (Å²) in [6, 6.07) is 11.3. The number of anilines is 1. The molecule has 0 aliphatic carbocycles. The number of benzene rings is 2. The van der Waals surface area contributed by atoms with Gasteiger partial charge in [-0.1, -0.05) is 23.7 Å². The zero-order valence-electron chi connectivity index (χ0n) is 21.5. The maximum absolute atomic E-state index is 14.0. The number of pyridine rings is 1. The average molecular weight is 540 g/mol. The van der Waals surface area contributed by atoms with Crippen molar-refractivity contribution < 1.29 is 19.1 Å². The van der Waals surface area contributed by atoms with Gasteiger partial charge in [-0.2, -0.15) is 0 Å². The minimum atomic E-state index is -0.897. The van der Waals surface area contributed by atoms with E-state index in [4.69, 9.17) is 22.1 Å². The van der Waals surface area contributed by atoms with Gasteiger partial charge >= 0.3 is 6.09 Å². The van der Waals surface area contributed by atoms with E-state index < -0.39 is 34.5 Å². The van der Waals surface area contributed by atoms with Gasteiger partial charge in [0.15, 0.2) is 0 Å². The summed E-state index contributed by atoms with van der Waals surface area (Å²) in [6.07, 6.45) is 0.743. The quantitative estimate of drug-likeness (QED) is 0.337. The number of nitrogens with one attached hydrogen (secondary N) is 2. The van der Waals surface area contributed by atoms with Crippen LogP contribution in [0.25, 0.3) is 10.9 Å². The lowest BCUT2D eigenvalue weighted by Crippen LogP contribution is -2.49. The summed E-state index contributed by atoms with van der Waals surface area (Å²) in [5.41, 5.74) is 7.66. The number of ether oxygens (including phenoxy) is 1. The first-order chi connectivity index (χ1) is 17.9. The van der Waals surface area contributed by atoms with Gasteiger partial charge in [-0.3, -0.25) is 14.4 Å². The summed E-state index contributed by atoms with van der Waals surface area (Å²) in [7, 11) is 0. The van der Waals surface area contributed by atoms with Crippen LogP contribution in [0.3, 0.4) is 0 Å². The molecule has 3 amide bonds. The molecule has 0 spiro atoms. The Kier molecular flexibility index (Phi) is 7.63. The van der Waals surface area contributed by atoms with Crippen LogP contribution in [0, 0.1) is 0 Å². The van der Waals surface area contributed by atoms with Crippen LogP contribution < -0.4 is 16.6 Å². The Balaban J connectivity index is 1.83. The molecule has 10 nitrogen and oxygen atoms in total. The van der Waals surface area contributed by atoms with Crippen molar-refractivity contribution in [2.45, 2.75) is 45.8 Å². The number of carbonyl (C=O) groups excluding carboxylic acids is 3. The number of aromatic amines is 1. The Labute approximate surface area is 224 Å². The normalized spacial score (nSPS) is 13.4. The number of rotatable bonds is 4. The number of hydrogen-bond acceptors (Lipinski definition) is 6. The zero-order chi connectivity index (χ0) is 27.6. The molecule has 4 N–H and O–H groups in total. The van der Waals surface area contributed by atoms with Gasteiger partial charge in [-0.15, -0.1) is 0 Å². The van der Waals surface area contributed by atoms with Gasteiger partial charge in [0.1, 0.15) is 16.9 Å². The fourth-order valence-corrected chi connectivity index (χ4v) is 4.46. The molecule has 0 atom stereocenters. The summed E-state index contributed by atoms with van der Waals surface area (Å²) in [5.74, 6) is -1.36. The topological polar surface area (TPSA) is 138 Å². The molecular weight excluding hydrogens is 510 g/mol. The fraction of sp³-hybridized carbons (Fsp3) is 0.333. The van der Waals surface area contributed by atoms with Gasteiger partial charge in [0.25, 0.3) is 11.8 Å². The SMILES string of the molecule is CC(C)(C)OC(=O)NN(Cc1cccc(N)c1)C(=O)c1c(C(=O)N2CCCC2)[nH]c2cc(Cl)ccc2c1=O. The molecule has 2 heterocycles. The highest BCUT2D eigenvalue weighted by molar-refractivity contribution is 6.31. The van der Waals surface area contributed by atoms with Crippen molar-refractivity contribution in [2.24, 2.45) is 0 Å². The van der Waals surface area contributed by atoms with Crippen LogP contribution >= 0.6 is 11.6 Å². The van der Waals surface area contributed by atoms with E-state index in [0.717, 1.165) is 17.9 Å². The highest BCUT2D eigenvalue weighted by atomic mass is 35.5. The highest BCUT2D eigenvalue weighted by Crippen LogP contribution is 2.21. The van der Waals surface area contributed by atoms with Crippen molar-refractivity contribution in [2.75, 3.05) is 18.8 Å². The van der Waals surface area contributed by atoms with Crippen molar-refractivity contribution >= 4 is 46.1 Å². The molecular formula is C27H30ClN5O5. The number of carbonyl (C=O) groups is 3. The number of nitrogen functional groups attached to an aromatic ring is 1. The first-order valence-corrected chi connectivity index (χ1v) is 12.6. The van der Waals surface area contributed by atoms with E-state index in [0.29, 0.717) is 34.9 Å². The van der Waals surface area contributed by atoms with Crippen LogP contribution in [0.15, 0.2) is 47.3 Å². The van der Waals surface area contributed by atoms with E-state index in [-0.39, 0.29) is 17.6 Å². The van der Waals surface area contributed by atoms with E-state index in [1.807, 2.05) is 0 Å². The lowest BCUT2D eigenvalue weighted by Gasteiger charge is -2.27. The number of nitrogens with two attached hydrogens (primary N) is 1. The van der Waals surface area contributed by atoms with E-state index >= 15 is 0 Å². The second-order valence-corrected chi connectivity index (χ2v) is 10.6. The predicted molar refractivity (Wildman–Crippen MR) is 145 cm³/mol. The smallest absolute Gasteiger partial charge is 0.426 e. The maximum Gasteiger partial charge on any atom is 0.426 e. The molecule has 0 saturated carbocycles. The van der Waals surface area contributed by atoms with Gasteiger partial charge in [0, 0.05) is 29.2 Å². The fourth-order valence-electron chi connectivity index (χ4n) is 4.29. The summed E-state index contributed by atoms with van der Waals surface area (Å²) in [4.78, 5) is 58.5. The molecule has 3 aromatic rings. The summed E-state index contributed by atoms with van der Waals surface area (Å²) >= 11 is 6.13. The van der Waals surface area contributed by atoms with Crippen molar-refractivity contribution in [1.29, 1.82) is 0 Å². The molecule has 1 aromatic heterocycles. The van der Waals surface area contributed by atoms with Crippen molar-refractivity contribution in [3.63, 3.8) is 0 Å². The Morgan fingerprint density at radius 3 is 2.50 bits per heavy atom. The second-order valence-electron chi connectivity index (χ2n) is 10.1. The van der Waals surface area contributed by atoms with Crippen LogP contribution in [0.1, 0.15) is 60.0 Å². The molecule has 0 unspecified atom stereocenters. The monoisotopic (exact) mass is 539 g/mol. The minimum absolute atomic E-state index is 0.140. The molecule has 38 heavy (non-hydrogen) atoms. The molecule has 1 aliphatic heterocycles. The number of likely N-dealkylation sites (tertiary alicyclic amines) is 1. The second kappa shape index (κ2) is 10.7. The molecule has 200 valence electrons. The minimum Gasteiger partial charge on any atom is -0.443 e. The molecule has 2 aromatic carbocycles. The Morgan fingerprint density at radius 1 is 1.13 bits per heavy atom. The number of amides is 3. The van der Waals surface area contributed by atoms with Crippen LogP contribution in [0.5, 0.6) is 0 Å². The first-order valence-electron chi connectivity index (χ1n) is 12.2. The average Bonchev–Trinajstić information content (AvgIpc) is 3.36. The third-order valence-corrected chi connectivity index (χ3v) is 6.18. The van der Waals surface area contributed by atoms with Crippen LogP contribution in [-0.4, -0.2) is 51.5 Å². The largest absolute Gasteiger partial charge is 0.443 e. The molecule has 11 heteroatoms. The third kappa shape index (κ3) is 6.08. The van der Waals surface area contributed by atoms with Gasteiger partial charge < -0.3 is 20.4 Å². The number of nitrogens with zero attached hydrogens (tertiary/aromatic N) is 2. The summed E-state index contributed by atoms with van der Waals surface area (Å²) in [5, 5.41) is 1.49. The Hall–Kier alpha value is -4.05. The number of fused-ring (bicyclic) bond motifs is 1. The molecule has 0 radical (unpaired) electrons. The van der Waals surface area contributed by atoms with Gasteiger partial charge in [0.2, 0.25) is 5.43 Å².